The van der Waals surface area contributed by atoms with Crippen LogP contribution >= 0.6 is 0 Å². The molecule has 1 aliphatic carbocycles. The highest BCUT2D eigenvalue weighted by molar-refractivity contribution is 7.85. The Morgan fingerprint density at radius 2 is 1.92 bits per heavy atom. The first-order chi connectivity index (χ1) is 10.8. The zero-order valence-electron chi connectivity index (χ0n) is 11.9. The number of urea groups is 1. The monoisotopic (exact) mass is 380 g/mol. The number of nitrogens with two attached hydrogens (primary N) is 1. The van der Waals surface area contributed by atoms with E-state index in [4.69, 9.17) is 14.8 Å². The summed E-state index contributed by atoms with van der Waals surface area (Å²) in [5.74, 6) is -0.892. The van der Waals surface area contributed by atoms with Crippen LogP contribution in [0.25, 0.3) is 12.2 Å². The molecule has 0 spiro atoms. The molecular formula is C10H12N4O8S2. The molecule has 0 bridgehead atoms. The van der Waals surface area contributed by atoms with Gasteiger partial charge in [-0.05, 0) is 17.4 Å². The molecule has 0 saturated heterocycles. The highest BCUT2D eigenvalue weighted by Gasteiger charge is 2.34. The first-order valence-corrected chi connectivity index (χ1v) is 8.89. The lowest BCUT2D eigenvalue weighted by Gasteiger charge is -2.24. The van der Waals surface area contributed by atoms with Crippen molar-refractivity contribution in [2.24, 2.45) is 12.8 Å². The lowest BCUT2D eigenvalue weighted by Crippen LogP contribution is -2.56. The van der Waals surface area contributed by atoms with Gasteiger partial charge in [0.1, 0.15) is 6.04 Å². The third kappa shape index (κ3) is 3.31. The molecule has 1 heterocycles. The van der Waals surface area contributed by atoms with Gasteiger partial charge in [-0.1, -0.05) is 4.41 Å². The molecule has 1 unspecified atom stereocenters. The van der Waals surface area contributed by atoms with Crippen LogP contribution in [-0.4, -0.2) is 52.8 Å². The van der Waals surface area contributed by atoms with Crippen molar-refractivity contribution in [3.8, 4) is 0 Å². The Kier molecular flexibility index (Phi) is 4.28. The zero-order valence-corrected chi connectivity index (χ0v) is 13.6. The number of hydrogen-bond donors (Lipinski definition) is 4. The summed E-state index contributed by atoms with van der Waals surface area (Å²) in [7, 11) is -8.38. The van der Waals surface area contributed by atoms with Crippen LogP contribution in [-0.2, 0) is 32.3 Å². The van der Waals surface area contributed by atoms with E-state index in [9.17, 15) is 26.4 Å². The number of nitrogens with one attached hydrogen (secondary N) is 1. The fourth-order valence-corrected chi connectivity index (χ4v) is 3.59. The highest BCUT2D eigenvalue weighted by Crippen LogP contribution is 2.10. The van der Waals surface area contributed by atoms with Gasteiger partial charge in [0.05, 0.1) is 5.35 Å². The Bertz CT molecular complexity index is 1050. The Hall–Kier alpha value is -2.26. The summed E-state index contributed by atoms with van der Waals surface area (Å²) in [5, 5.41) is -0.373. The lowest BCUT2D eigenvalue weighted by atomic mass is 10.1. The van der Waals surface area contributed by atoms with E-state index < -0.39 is 43.3 Å². The van der Waals surface area contributed by atoms with Crippen LogP contribution in [0.2, 0.25) is 0 Å². The third-order valence-electron chi connectivity index (χ3n) is 3.16. The number of primary amides is 1. The molecule has 1 aromatic heterocycles. The maximum Gasteiger partial charge on any atom is 0.354 e. The summed E-state index contributed by atoms with van der Waals surface area (Å²) in [4.78, 5) is 23.0. The van der Waals surface area contributed by atoms with Gasteiger partial charge in [-0.25, -0.2) is 4.79 Å². The van der Waals surface area contributed by atoms with E-state index in [1.165, 1.54) is 7.05 Å². The molecule has 1 aliphatic rings. The molecule has 132 valence electrons. The summed E-state index contributed by atoms with van der Waals surface area (Å²) in [6.45, 7) is 0. The molecule has 0 saturated carbocycles. The van der Waals surface area contributed by atoms with Crippen molar-refractivity contribution >= 4 is 44.4 Å². The number of carbonyl (C=O) groups excluding carboxylic acids is 2. The van der Waals surface area contributed by atoms with E-state index in [1.807, 2.05) is 0 Å². The standard InChI is InChI=1S/C10H12N4O8S2/c1-13-6-4-8(15)7(14(12-10(11)16)24(20,21)22)2-5(6)3-9(13)23(17,18)19/h2-4,7H,1H3,(H3,11,12,16)(H,17,18,19)(H,20,21,22). The first-order valence-electron chi connectivity index (χ1n) is 6.06. The second-order valence-corrected chi connectivity index (χ2v) is 7.42. The second kappa shape index (κ2) is 5.67. The number of rotatable bonds is 4. The van der Waals surface area contributed by atoms with E-state index in [-0.39, 0.29) is 15.0 Å². The molecule has 0 radical (unpaired) electrons. The van der Waals surface area contributed by atoms with Crippen molar-refractivity contribution < 1.29 is 35.5 Å². The number of aromatic nitrogens is 1. The summed E-state index contributed by atoms with van der Waals surface area (Å²) in [5.41, 5.74) is 6.39. The van der Waals surface area contributed by atoms with Gasteiger partial charge in [0.2, 0.25) is 0 Å². The normalized spacial score (nSPS) is 17.8. The SMILES string of the molecule is Cn1c(S(=O)(=O)O)cc2c1=CC(=O)C(N(NC(N)=O)S(=O)(=O)O)C=2. The Morgan fingerprint density at radius 1 is 1.33 bits per heavy atom. The van der Waals surface area contributed by atoms with Crippen molar-refractivity contribution in [1.29, 1.82) is 0 Å². The van der Waals surface area contributed by atoms with Gasteiger partial charge in [-0.15, -0.1) is 0 Å². The number of hydrogen-bond acceptors (Lipinski definition) is 6. The van der Waals surface area contributed by atoms with E-state index in [0.717, 1.165) is 22.8 Å². The minimum absolute atomic E-state index is 0.0722. The van der Waals surface area contributed by atoms with E-state index in [2.05, 4.69) is 0 Å². The van der Waals surface area contributed by atoms with Gasteiger partial charge < -0.3 is 10.3 Å². The average molecular weight is 380 g/mol. The molecule has 5 N–H and O–H groups in total. The molecule has 1 atom stereocenters. The van der Waals surface area contributed by atoms with Gasteiger partial charge in [0, 0.05) is 13.1 Å². The average Bonchev–Trinajstić information content (AvgIpc) is 2.71. The number of carbonyl (C=O) groups is 2. The van der Waals surface area contributed by atoms with Crippen LogP contribution < -0.4 is 21.7 Å². The van der Waals surface area contributed by atoms with Crippen LogP contribution in [0.15, 0.2) is 11.1 Å². The van der Waals surface area contributed by atoms with E-state index >= 15 is 0 Å². The van der Waals surface area contributed by atoms with Gasteiger partial charge in [0.15, 0.2) is 10.8 Å². The number of amides is 2. The molecule has 2 amide bonds. The highest BCUT2D eigenvalue weighted by atomic mass is 32.2. The van der Waals surface area contributed by atoms with Crippen LogP contribution in [0.3, 0.4) is 0 Å². The predicted molar refractivity (Wildman–Crippen MR) is 78.3 cm³/mol. The number of nitrogens with zero attached hydrogens (tertiary/aromatic N) is 2. The zero-order chi connectivity index (χ0) is 18.4. The van der Waals surface area contributed by atoms with Crippen LogP contribution in [0, 0.1) is 0 Å². The van der Waals surface area contributed by atoms with Crippen LogP contribution in [0.4, 0.5) is 4.79 Å². The molecule has 1 aromatic rings. The van der Waals surface area contributed by atoms with Gasteiger partial charge in [-0.3, -0.25) is 19.3 Å². The molecule has 12 nitrogen and oxygen atoms in total. The van der Waals surface area contributed by atoms with Gasteiger partial charge >= 0.3 is 26.5 Å². The second-order valence-electron chi connectivity index (χ2n) is 4.77. The minimum atomic E-state index is -5.05. The number of Topliss-reactive ketones (excluding diaryl/α,β-unsaturated/α-hetero) is 1. The van der Waals surface area contributed by atoms with Crippen molar-refractivity contribution in [3.63, 3.8) is 0 Å². The maximum atomic E-state index is 12.1. The minimum Gasteiger partial charge on any atom is -0.351 e. The fraction of sp³-hybridized carbons (Fsp3) is 0.200. The van der Waals surface area contributed by atoms with Crippen molar-refractivity contribution in [1.82, 2.24) is 14.4 Å². The van der Waals surface area contributed by atoms with Gasteiger partial charge in [0.25, 0.3) is 0 Å². The molecule has 0 aromatic carbocycles. The summed E-state index contributed by atoms with van der Waals surface area (Å²) in [6.07, 6.45) is 1.88. The topological polar surface area (TPSA) is 189 Å². The van der Waals surface area contributed by atoms with Crippen molar-refractivity contribution in [2.45, 2.75) is 11.1 Å². The Labute approximate surface area is 135 Å². The fourth-order valence-electron chi connectivity index (χ4n) is 2.21. The molecule has 0 fully saturated rings. The maximum absolute atomic E-state index is 12.1. The molecule has 0 aliphatic heterocycles. The Balaban J connectivity index is 2.68. The van der Waals surface area contributed by atoms with Crippen molar-refractivity contribution in [3.05, 3.63) is 16.6 Å². The summed E-state index contributed by atoms with van der Waals surface area (Å²) < 4.78 is 64.4. The van der Waals surface area contributed by atoms with Crippen LogP contribution in [0.5, 0.6) is 0 Å². The van der Waals surface area contributed by atoms with E-state index in [0.29, 0.717) is 0 Å². The molecule has 2 rings (SSSR count). The number of hydrazine groups is 1. The largest absolute Gasteiger partial charge is 0.354 e. The lowest BCUT2D eigenvalue weighted by molar-refractivity contribution is -0.115. The summed E-state index contributed by atoms with van der Waals surface area (Å²) >= 11 is 0. The Morgan fingerprint density at radius 3 is 2.38 bits per heavy atom. The first kappa shape index (κ1) is 18.1. The van der Waals surface area contributed by atoms with Gasteiger partial charge in [-0.2, -0.15) is 16.8 Å². The molecule has 14 heteroatoms. The third-order valence-corrected chi connectivity index (χ3v) is 4.90. The molecular weight excluding hydrogens is 368 g/mol. The smallest absolute Gasteiger partial charge is 0.351 e. The summed E-state index contributed by atoms with van der Waals surface area (Å²) in [6, 6.07) is -2.06. The molecule has 24 heavy (non-hydrogen) atoms. The predicted octanol–water partition coefficient (Wildman–Crippen LogP) is -3.53. The number of ketones is 1. The van der Waals surface area contributed by atoms with Crippen molar-refractivity contribution in [2.75, 3.05) is 0 Å². The number of fused-ring (bicyclic) bond motifs is 1. The van der Waals surface area contributed by atoms with Crippen LogP contribution in [0.1, 0.15) is 0 Å². The van der Waals surface area contributed by atoms with E-state index in [1.54, 1.807) is 5.43 Å². The quantitative estimate of drug-likeness (QED) is 0.305.